The van der Waals surface area contributed by atoms with Crippen molar-refractivity contribution in [3.63, 3.8) is 0 Å². The number of rotatable bonds is 4. The summed E-state index contributed by atoms with van der Waals surface area (Å²) in [5, 5.41) is 11.4. The van der Waals surface area contributed by atoms with Crippen LogP contribution in [0.3, 0.4) is 0 Å². The van der Waals surface area contributed by atoms with Crippen molar-refractivity contribution in [1.82, 2.24) is 5.32 Å². The zero-order chi connectivity index (χ0) is 13.1. The van der Waals surface area contributed by atoms with Crippen molar-refractivity contribution in [1.29, 1.82) is 0 Å². The van der Waals surface area contributed by atoms with Crippen LogP contribution in [-0.4, -0.2) is 24.4 Å². The Kier molecular flexibility index (Phi) is 4.54. The Morgan fingerprint density at radius 2 is 1.88 bits per heavy atom. The number of hydrogen-bond donors (Lipinski definition) is 2. The molecule has 0 amide bonds. The maximum absolute atomic E-state index is 12.1. The van der Waals surface area contributed by atoms with Gasteiger partial charge in [0.05, 0.1) is 19.2 Å². The molecule has 2 nitrogen and oxygen atoms in total. The predicted molar refractivity (Wildman–Crippen MR) is 59.8 cm³/mol. The molecule has 17 heavy (non-hydrogen) atoms. The zero-order valence-electron chi connectivity index (χ0n) is 9.80. The Hall–Kier alpha value is -1.07. The fourth-order valence-corrected chi connectivity index (χ4v) is 1.51. The van der Waals surface area contributed by atoms with Crippen LogP contribution in [0.25, 0.3) is 0 Å². The molecule has 0 spiro atoms. The zero-order valence-corrected chi connectivity index (χ0v) is 9.80. The molecule has 0 saturated carbocycles. The number of hydrogen-bond acceptors (Lipinski definition) is 2. The number of aryl methyl sites for hydroxylation is 2. The van der Waals surface area contributed by atoms with Gasteiger partial charge in [-0.2, -0.15) is 13.2 Å². The van der Waals surface area contributed by atoms with Crippen LogP contribution < -0.4 is 5.32 Å². The molecule has 2 N–H and O–H groups in total. The Bertz CT molecular complexity index is 377. The highest BCUT2D eigenvalue weighted by Gasteiger charge is 2.28. The highest BCUT2D eigenvalue weighted by atomic mass is 19.4. The Morgan fingerprint density at radius 3 is 2.35 bits per heavy atom. The van der Waals surface area contributed by atoms with E-state index in [1.807, 2.05) is 19.9 Å². The number of benzene rings is 1. The van der Waals surface area contributed by atoms with Crippen molar-refractivity contribution < 1.29 is 18.3 Å². The van der Waals surface area contributed by atoms with E-state index in [0.717, 1.165) is 11.1 Å². The summed E-state index contributed by atoms with van der Waals surface area (Å²) in [6.07, 6.45) is -4.27. The van der Waals surface area contributed by atoms with Gasteiger partial charge in [0.25, 0.3) is 0 Å². The average molecular weight is 247 g/mol. The molecule has 0 aliphatic carbocycles. The van der Waals surface area contributed by atoms with E-state index in [4.69, 9.17) is 5.11 Å². The van der Waals surface area contributed by atoms with E-state index in [2.05, 4.69) is 5.32 Å². The fraction of sp³-hybridized carbons (Fsp3) is 0.500. The molecular weight excluding hydrogens is 231 g/mol. The summed E-state index contributed by atoms with van der Waals surface area (Å²) in [5.74, 6) is 0. The summed E-state index contributed by atoms with van der Waals surface area (Å²) in [6.45, 7) is 2.34. The van der Waals surface area contributed by atoms with Crippen LogP contribution in [0, 0.1) is 13.8 Å². The monoisotopic (exact) mass is 247 g/mol. The molecule has 96 valence electrons. The third-order valence-corrected chi connectivity index (χ3v) is 2.66. The van der Waals surface area contributed by atoms with Gasteiger partial charge in [-0.1, -0.05) is 18.2 Å². The molecule has 1 rings (SSSR count). The van der Waals surface area contributed by atoms with E-state index in [1.165, 1.54) is 0 Å². The van der Waals surface area contributed by atoms with Crippen LogP contribution in [0.15, 0.2) is 18.2 Å². The SMILES string of the molecule is Cc1ccc(C(CO)NCC(F)(F)F)cc1C. The Morgan fingerprint density at radius 1 is 1.24 bits per heavy atom. The molecule has 0 aliphatic rings. The van der Waals surface area contributed by atoms with E-state index in [1.54, 1.807) is 12.1 Å². The fourth-order valence-electron chi connectivity index (χ4n) is 1.51. The van der Waals surface area contributed by atoms with E-state index in [-0.39, 0.29) is 6.61 Å². The van der Waals surface area contributed by atoms with Gasteiger partial charge < -0.3 is 5.11 Å². The molecule has 1 unspecified atom stereocenters. The van der Waals surface area contributed by atoms with Crippen LogP contribution in [0.2, 0.25) is 0 Å². The normalized spacial score (nSPS) is 13.8. The number of aliphatic hydroxyl groups excluding tert-OH is 1. The Balaban J connectivity index is 2.76. The van der Waals surface area contributed by atoms with Crippen LogP contribution in [-0.2, 0) is 0 Å². The summed E-state index contributed by atoms with van der Waals surface area (Å²) >= 11 is 0. The molecule has 1 aromatic carbocycles. The van der Waals surface area contributed by atoms with Crippen LogP contribution >= 0.6 is 0 Å². The molecule has 0 saturated heterocycles. The van der Waals surface area contributed by atoms with E-state index in [0.29, 0.717) is 5.56 Å². The van der Waals surface area contributed by atoms with Crippen molar-refractivity contribution >= 4 is 0 Å². The topological polar surface area (TPSA) is 32.3 Å². The number of nitrogens with one attached hydrogen (secondary N) is 1. The second-order valence-corrected chi connectivity index (χ2v) is 4.07. The van der Waals surface area contributed by atoms with Gasteiger partial charge in [-0.3, -0.25) is 5.32 Å². The molecule has 1 atom stereocenters. The van der Waals surface area contributed by atoms with Gasteiger partial charge >= 0.3 is 6.18 Å². The summed E-state index contributed by atoms with van der Waals surface area (Å²) in [5.41, 5.74) is 2.73. The first kappa shape index (κ1) is 14.0. The van der Waals surface area contributed by atoms with Crippen LogP contribution in [0.1, 0.15) is 22.7 Å². The summed E-state index contributed by atoms with van der Waals surface area (Å²) < 4.78 is 36.2. The molecule has 0 heterocycles. The Labute approximate surface area is 98.5 Å². The standard InChI is InChI=1S/C12H16F3NO/c1-8-3-4-10(5-9(8)2)11(6-17)16-7-12(13,14)15/h3-5,11,16-17H,6-7H2,1-2H3. The minimum absolute atomic E-state index is 0.363. The minimum atomic E-state index is -4.27. The van der Waals surface area contributed by atoms with E-state index in [9.17, 15) is 13.2 Å². The lowest BCUT2D eigenvalue weighted by molar-refractivity contribution is -0.126. The molecular formula is C12H16F3NO. The smallest absolute Gasteiger partial charge is 0.394 e. The second kappa shape index (κ2) is 5.51. The maximum atomic E-state index is 12.1. The number of halogens is 3. The first-order valence-electron chi connectivity index (χ1n) is 5.31. The first-order valence-corrected chi connectivity index (χ1v) is 5.31. The third kappa shape index (κ3) is 4.36. The van der Waals surface area contributed by atoms with Gasteiger partial charge in [0.15, 0.2) is 0 Å². The molecule has 0 radical (unpaired) electrons. The van der Waals surface area contributed by atoms with Gasteiger partial charge in [0.1, 0.15) is 0 Å². The van der Waals surface area contributed by atoms with Crippen LogP contribution in [0.5, 0.6) is 0 Å². The minimum Gasteiger partial charge on any atom is -0.394 e. The van der Waals surface area contributed by atoms with E-state index >= 15 is 0 Å². The summed E-state index contributed by atoms with van der Waals surface area (Å²) in [4.78, 5) is 0. The predicted octanol–water partition coefficient (Wildman–Crippen LogP) is 2.49. The van der Waals surface area contributed by atoms with Crippen molar-refractivity contribution in [3.8, 4) is 0 Å². The average Bonchev–Trinajstić information content (AvgIpc) is 2.22. The second-order valence-electron chi connectivity index (χ2n) is 4.07. The lowest BCUT2D eigenvalue weighted by atomic mass is 10.0. The number of alkyl halides is 3. The van der Waals surface area contributed by atoms with Gasteiger partial charge in [-0.05, 0) is 30.5 Å². The third-order valence-electron chi connectivity index (χ3n) is 2.66. The quantitative estimate of drug-likeness (QED) is 0.856. The highest BCUT2D eigenvalue weighted by molar-refractivity contribution is 5.31. The molecule has 1 aromatic rings. The van der Waals surface area contributed by atoms with Crippen molar-refractivity contribution in [2.45, 2.75) is 26.1 Å². The molecule has 0 bridgehead atoms. The lowest BCUT2D eigenvalue weighted by Crippen LogP contribution is -2.33. The van der Waals surface area contributed by atoms with Gasteiger partial charge in [-0.15, -0.1) is 0 Å². The van der Waals surface area contributed by atoms with Gasteiger partial charge in [-0.25, -0.2) is 0 Å². The summed E-state index contributed by atoms with van der Waals surface area (Å²) in [6, 6.07) is 4.67. The van der Waals surface area contributed by atoms with Crippen molar-refractivity contribution in [3.05, 3.63) is 34.9 Å². The first-order chi connectivity index (χ1) is 7.83. The highest BCUT2D eigenvalue weighted by Crippen LogP contribution is 2.19. The van der Waals surface area contributed by atoms with Crippen molar-refractivity contribution in [2.75, 3.05) is 13.2 Å². The van der Waals surface area contributed by atoms with Gasteiger partial charge in [0.2, 0.25) is 0 Å². The summed E-state index contributed by atoms with van der Waals surface area (Å²) in [7, 11) is 0. The largest absolute Gasteiger partial charge is 0.401 e. The number of aliphatic hydroxyl groups is 1. The van der Waals surface area contributed by atoms with E-state index < -0.39 is 18.8 Å². The molecule has 5 heteroatoms. The lowest BCUT2D eigenvalue weighted by Gasteiger charge is -2.18. The van der Waals surface area contributed by atoms with Gasteiger partial charge in [0, 0.05) is 0 Å². The molecule has 0 fully saturated rings. The molecule has 0 aliphatic heterocycles. The van der Waals surface area contributed by atoms with Crippen molar-refractivity contribution in [2.24, 2.45) is 0 Å². The molecule has 0 aromatic heterocycles. The maximum Gasteiger partial charge on any atom is 0.401 e. The van der Waals surface area contributed by atoms with Crippen LogP contribution in [0.4, 0.5) is 13.2 Å².